The lowest BCUT2D eigenvalue weighted by Crippen LogP contribution is -2.06. The fourth-order valence-corrected chi connectivity index (χ4v) is 2.29. The van der Waals surface area contributed by atoms with E-state index in [1.807, 2.05) is 13.0 Å². The van der Waals surface area contributed by atoms with E-state index >= 15 is 0 Å². The van der Waals surface area contributed by atoms with Crippen molar-refractivity contribution in [1.82, 2.24) is 0 Å². The number of rotatable bonds is 8. The van der Waals surface area contributed by atoms with Gasteiger partial charge in [0.2, 0.25) is 0 Å². The topological polar surface area (TPSA) is 68.6 Å². The molecule has 2 aromatic carbocycles. The predicted molar refractivity (Wildman–Crippen MR) is 98.6 cm³/mol. The summed E-state index contributed by atoms with van der Waals surface area (Å²) in [6.45, 7) is 4.12. The van der Waals surface area contributed by atoms with Gasteiger partial charge in [-0.15, -0.1) is 0 Å². The maximum atomic E-state index is 13.7. The number of carbonyl (C=O) groups is 1. The van der Waals surface area contributed by atoms with Gasteiger partial charge in [-0.3, -0.25) is 0 Å². The Morgan fingerprint density at radius 2 is 1.89 bits per heavy atom. The van der Waals surface area contributed by atoms with Gasteiger partial charge in [0.05, 0.1) is 13.2 Å². The second kappa shape index (κ2) is 9.97. The molecule has 0 spiro atoms. The zero-order chi connectivity index (χ0) is 19.6. The van der Waals surface area contributed by atoms with E-state index in [2.05, 4.69) is 0 Å². The van der Waals surface area contributed by atoms with Crippen molar-refractivity contribution in [2.45, 2.75) is 20.5 Å². The summed E-state index contributed by atoms with van der Waals surface area (Å²) in [5.41, 5.74) is 0.901. The first-order valence-corrected chi connectivity index (χ1v) is 8.51. The van der Waals surface area contributed by atoms with Crippen LogP contribution in [-0.4, -0.2) is 19.2 Å². The van der Waals surface area contributed by atoms with Crippen LogP contribution >= 0.6 is 0 Å². The average molecular weight is 369 g/mol. The van der Waals surface area contributed by atoms with E-state index < -0.39 is 5.97 Å². The fourth-order valence-electron chi connectivity index (χ4n) is 2.29. The molecule has 0 heterocycles. The molecule has 0 fully saturated rings. The molecule has 27 heavy (non-hydrogen) atoms. The molecule has 2 rings (SSSR count). The van der Waals surface area contributed by atoms with Crippen molar-refractivity contribution in [1.29, 1.82) is 5.26 Å². The molecule has 6 heteroatoms. The van der Waals surface area contributed by atoms with Crippen LogP contribution in [0.3, 0.4) is 0 Å². The van der Waals surface area contributed by atoms with Gasteiger partial charge in [0.1, 0.15) is 24.1 Å². The number of esters is 1. The van der Waals surface area contributed by atoms with Crippen molar-refractivity contribution in [2.24, 2.45) is 0 Å². The fraction of sp³-hybridized carbons (Fsp3) is 0.238. The monoisotopic (exact) mass is 369 g/mol. The Balaban J connectivity index is 2.24. The summed E-state index contributed by atoms with van der Waals surface area (Å²) in [5, 5.41) is 9.14. The number of halogens is 1. The summed E-state index contributed by atoms with van der Waals surface area (Å²) < 4.78 is 29.8. The maximum absolute atomic E-state index is 13.7. The smallest absolute Gasteiger partial charge is 0.348 e. The molecule has 0 aliphatic rings. The summed E-state index contributed by atoms with van der Waals surface area (Å²) in [6, 6.07) is 13.2. The third-order valence-electron chi connectivity index (χ3n) is 3.54. The van der Waals surface area contributed by atoms with Crippen molar-refractivity contribution in [2.75, 3.05) is 13.2 Å². The van der Waals surface area contributed by atoms with E-state index in [4.69, 9.17) is 19.5 Å². The van der Waals surface area contributed by atoms with Gasteiger partial charge in [-0.05, 0) is 43.7 Å². The number of nitrogens with zero attached hydrogens (tertiary/aromatic N) is 1. The van der Waals surface area contributed by atoms with Gasteiger partial charge in [-0.2, -0.15) is 5.26 Å². The molecule has 0 unspecified atom stereocenters. The van der Waals surface area contributed by atoms with Crippen LogP contribution < -0.4 is 9.47 Å². The lowest BCUT2D eigenvalue weighted by atomic mass is 10.1. The summed E-state index contributed by atoms with van der Waals surface area (Å²) in [5.74, 6) is -0.156. The molecule has 0 amide bonds. The maximum Gasteiger partial charge on any atom is 0.348 e. The molecule has 0 saturated carbocycles. The Morgan fingerprint density at radius 3 is 2.56 bits per heavy atom. The lowest BCUT2D eigenvalue weighted by molar-refractivity contribution is -0.137. The van der Waals surface area contributed by atoms with Gasteiger partial charge in [0.15, 0.2) is 11.5 Å². The minimum Gasteiger partial charge on any atom is -0.490 e. The van der Waals surface area contributed by atoms with Crippen molar-refractivity contribution >= 4 is 12.0 Å². The molecule has 5 nitrogen and oxygen atoms in total. The molecule has 0 aromatic heterocycles. The number of benzene rings is 2. The highest BCUT2D eigenvalue weighted by molar-refractivity contribution is 5.97. The molecular formula is C21H20FNO4. The highest BCUT2D eigenvalue weighted by Crippen LogP contribution is 2.30. The Morgan fingerprint density at radius 1 is 1.11 bits per heavy atom. The predicted octanol–water partition coefficient (Wildman–Crippen LogP) is 4.27. The molecule has 2 aromatic rings. The van der Waals surface area contributed by atoms with Crippen LogP contribution in [0.2, 0.25) is 0 Å². The van der Waals surface area contributed by atoms with Crippen LogP contribution in [0, 0.1) is 17.1 Å². The quantitative estimate of drug-likeness (QED) is 0.395. The second-order valence-corrected chi connectivity index (χ2v) is 5.41. The number of carbonyl (C=O) groups excluding carboxylic acids is 1. The zero-order valence-corrected chi connectivity index (χ0v) is 15.2. The lowest BCUT2D eigenvalue weighted by Gasteiger charge is -2.13. The Labute approximate surface area is 157 Å². The van der Waals surface area contributed by atoms with Gasteiger partial charge in [0.25, 0.3) is 0 Å². The van der Waals surface area contributed by atoms with Crippen LogP contribution in [-0.2, 0) is 16.1 Å². The number of nitriles is 1. The largest absolute Gasteiger partial charge is 0.490 e. The molecule has 0 aliphatic carbocycles. The highest BCUT2D eigenvalue weighted by atomic mass is 19.1. The Kier molecular flexibility index (Phi) is 7.38. The van der Waals surface area contributed by atoms with Crippen LogP contribution in [0.4, 0.5) is 4.39 Å². The van der Waals surface area contributed by atoms with Crippen LogP contribution in [0.25, 0.3) is 6.08 Å². The van der Waals surface area contributed by atoms with E-state index in [-0.39, 0.29) is 24.6 Å². The molecule has 0 saturated heterocycles. The third kappa shape index (κ3) is 5.58. The first-order chi connectivity index (χ1) is 13.1. The molecule has 0 N–H and O–H groups in total. The van der Waals surface area contributed by atoms with E-state index in [0.717, 1.165) is 0 Å². The van der Waals surface area contributed by atoms with Gasteiger partial charge in [-0.1, -0.05) is 24.3 Å². The SMILES string of the molecule is CCOC(=O)C(C#N)=Cc1ccc(OCc2ccccc2F)c(OCC)c1. The Bertz CT molecular complexity index is 871. The van der Waals surface area contributed by atoms with E-state index in [1.54, 1.807) is 43.3 Å². The minimum absolute atomic E-state index is 0.0498. The standard InChI is InChI=1S/C21H20FNO4/c1-3-25-20-12-15(11-17(13-23)21(24)26-4-2)9-10-19(20)27-14-16-7-5-6-8-18(16)22/h5-12H,3-4,14H2,1-2H3. The first kappa shape index (κ1) is 20.0. The second-order valence-electron chi connectivity index (χ2n) is 5.41. The van der Waals surface area contributed by atoms with Crippen molar-refractivity contribution in [3.05, 3.63) is 65.0 Å². The average Bonchev–Trinajstić information content (AvgIpc) is 2.67. The van der Waals surface area contributed by atoms with Crippen LogP contribution in [0.5, 0.6) is 11.5 Å². The van der Waals surface area contributed by atoms with Crippen molar-refractivity contribution < 1.29 is 23.4 Å². The Hall–Kier alpha value is -3.33. The molecular weight excluding hydrogens is 349 g/mol. The minimum atomic E-state index is -0.683. The summed E-state index contributed by atoms with van der Waals surface area (Å²) >= 11 is 0. The first-order valence-electron chi connectivity index (χ1n) is 8.51. The van der Waals surface area contributed by atoms with Gasteiger partial charge in [-0.25, -0.2) is 9.18 Å². The van der Waals surface area contributed by atoms with Gasteiger partial charge < -0.3 is 14.2 Å². The molecule has 0 radical (unpaired) electrons. The summed E-state index contributed by atoms with van der Waals surface area (Å²) in [7, 11) is 0. The van der Waals surface area contributed by atoms with E-state index in [0.29, 0.717) is 29.2 Å². The normalized spacial score (nSPS) is 10.8. The summed E-state index contributed by atoms with van der Waals surface area (Å²) in [6.07, 6.45) is 1.42. The van der Waals surface area contributed by atoms with Crippen LogP contribution in [0.1, 0.15) is 25.0 Å². The van der Waals surface area contributed by atoms with Gasteiger partial charge >= 0.3 is 5.97 Å². The zero-order valence-electron chi connectivity index (χ0n) is 15.2. The number of hydrogen-bond donors (Lipinski definition) is 0. The number of ether oxygens (including phenoxy) is 3. The molecule has 0 aliphatic heterocycles. The van der Waals surface area contributed by atoms with Crippen LogP contribution in [0.15, 0.2) is 48.0 Å². The van der Waals surface area contributed by atoms with E-state index in [1.165, 1.54) is 12.1 Å². The summed E-state index contributed by atoms with van der Waals surface area (Å²) in [4.78, 5) is 11.7. The van der Waals surface area contributed by atoms with Crippen molar-refractivity contribution in [3.63, 3.8) is 0 Å². The third-order valence-corrected chi connectivity index (χ3v) is 3.54. The van der Waals surface area contributed by atoms with Crippen molar-refractivity contribution in [3.8, 4) is 17.6 Å². The number of hydrogen-bond acceptors (Lipinski definition) is 5. The highest BCUT2D eigenvalue weighted by Gasteiger charge is 2.12. The molecule has 0 bridgehead atoms. The van der Waals surface area contributed by atoms with E-state index in [9.17, 15) is 9.18 Å². The molecule has 140 valence electrons. The molecule has 0 atom stereocenters. The van der Waals surface area contributed by atoms with Gasteiger partial charge in [0, 0.05) is 5.56 Å².